The van der Waals surface area contributed by atoms with Crippen molar-refractivity contribution >= 4 is 6.47 Å². The number of rotatable bonds is 1. The number of hydrogen-bond donors (Lipinski definition) is 0. The molecule has 2 heteroatoms. The van der Waals surface area contributed by atoms with Crippen molar-refractivity contribution in [1.29, 1.82) is 0 Å². The van der Waals surface area contributed by atoms with Gasteiger partial charge in [0.2, 0.25) is 0 Å². The van der Waals surface area contributed by atoms with E-state index in [-0.39, 0.29) is 0 Å². The van der Waals surface area contributed by atoms with Gasteiger partial charge in [0.15, 0.2) is 0 Å². The van der Waals surface area contributed by atoms with Crippen molar-refractivity contribution < 1.29 is 9.53 Å². The van der Waals surface area contributed by atoms with Gasteiger partial charge in [-0.15, -0.1) is 0 Å². The van der Waals surface area contributed by atoms with E-state index in [2.05, 4.69) is 42.8 Å². The van der Waals surface area contributed by atoms with Crippen molar-refractivity contribution in [3.8, 4) is 0 Å². The SMILES string of the molecule is CC.COC=O.Cc1ccc(C)cc1. The summed E-state index contributed by atoms with van der Waals surface area (Å²) in [7, 11) is 1.31. The second kappa shape index (κ2) is 11.7. The molecule has 0 bridgehead atoms. The molecular formula is C12H20O2. The third-order valence-electron chi connectivity index (χ3n) is 1.31. The summed E-state index contributed by atoms with van der Waals surface area (Å²) >= 11 is 0. The molecule has 0 saturated carbocycles. The van der Waals surface area contributed by atoms with Crippen LogP contribution in [0.5, 0.6) is 0 Å². The maximum absolute atomic E-state index is 8.95. The molecule has 0 aliphatic carbocycles. The van der Waals surface area contributed by atoms with E-state index in [0.29, 0.717) is 6.47 Å². The molecule has 0 unspecified atom stereocenters. The summed E-state index contributed by atoms with van der Waals surface area (Å²) in [6.45, 7) is 8.57. The van der Waals surface area contributed by atoms with Gasteiger partial charge in [-0.3, -0.25) is 4.79 Å². The molecule has 0 heterocycles. The fraction of sp³-hybridized carbons (Fsp3) is 0.417. The first-order chi connectivity index (χ1) is 6.70. The van der Waals surface area contributed by atoms with E-state index in [1.807, 2.05) is 13.8 Å². The van der Waals surface area contributed by atoms with Crippen molar-refractivity contribution in [2.45, 2.75) is 27.7 Å². The fourth-order valence-corrected chi connectivity index (χ4v) is 0.637. The highest BCUT2D eigenvalue weighted by atomic mass is 16.5. The Morgan fingerprint density at radius 3 is 1.36 bits per heavy atom. The molecule has 0 spiro atoms. The van der Waals surface area contributed by atoms with Crippen LogP contribution in [-0.4, -0.2) is 13.6 Å². The average molecular weight is 196 g/mol. The van der Waals surface area contributed by atoms with Crippen molar-refractivity contribution in [3.63, 3.8) is 0 Å². The summed E-state index contributed by atoms with van der Waals surface area (Å²) < 4.78 is 3.86. The molecular weight excluding hydrogens is 176 g/mol. The zero-order chi connectivity index (χ0) is 11.4. The molecule has 80 valence electrons. The Morgan fingerprint density at radius 2 is 1.21 bits per heavy atom. The zero-order valence-electron chi connectivity index (χ0n) is 9.70. The predicted octanol–water partition coefficient (Wildman–Crippen LogP) is 3.12. The summed E-state index contributed by atoms with van der Waals surface area (Å²) in [5, 5.41) is 0. The highest BCUT2D eigenvalue weighted by molar-refractivity contribution is 5.36. The first-order valence-corrected chi connectivity index (χ1v) is 4.70. The monoisotopic (exact) mass is 196 g/mol. The van der Waals surface area contributed by atoms with Gasteiger partial charge in [-0.1, -0.05) is 49.2 Å². The molecule has 0 saturated heterocycles. The van der Waals surface area contributed by atoms with Crippen LogP contribution in [0.15, 0.2) is 24.3 Å². The van der Waals surface area contributed by atoms with Gasteiger partial charge in [0.1, 0.15) is 0 Å². The van der Waals surface area contributed by atoms with Gasteiger partial charge in [-0.05, 0) is 13.8 Å². The van der Waals surface area contributed by atoms with Crippen molar-refractivity contribution in [2.24, 2.45) is 0 Å². The van der Waals surface area contributed by atoms with Crippen LogP contribution in [0.2, 0.25) is 0 Å². The van der Waals surface area contributed by atoms with Crippen molar-refractivity contribution in [2.75, 3.05) is 7.11 Å². The maximum atomic E-state index is 8.95. The number of benzene rings is 1. The zero-order valence-corrected chi connectivity index (χ0v) is 9.70. The van der Waals surface area contributed by atoms with E-state index in [1.54, 1.807) is 0 Å². The average Bonchev–Trinajstić information content (AvgIpc) is 2.26. The fourth-order valence-electron chi connectivity index (χ4n) is 0.637. The Hall–Kier alpha value is -1.31. The van der Waals surface area contributed by atoms with E-state index in [4.69, 9.17) is 4.79 Å². The first-order valence-electron chi connectivity index (χ1n) is 4.70. The normalized spacial score (nSPS) is 7.21. The van der Waals surface area contributed by atoms with Gasteiger partial charge in [0, 0.05) is 0 Å². The van der Waals surface area contributed by atoms with E-state index in [0.717, 1.165) is 0 Å². The van der Waals surface area contributed by atoms with Gasteiger partial charge in [-0.2, -0.15) is 0 Å². The third-order valence-corrected chi connectivity index (χ3v) is 1.31. The lowest BCUT2D eigenvalue weighted by Gasteiger charge is -1.90. The number of carbonyl (C=O) groups excluding carboxylic acids is 1. The molecule has 1 aromatic carbocycles. The van der Waals surface area contributed by atoms with Gasteiger partial charge < -0.3 is 4.74 Å². The van der Waals surface area contributed by atoms with Gasteiger partial charge in [0.05, 0.1) is 7.11 Å². The Balaban J connectivity index is 0. The highest BCUT2D eigenvalue weighted by Crippen LogP contribution is 1.99. The molecule has 0 radical (unpaired) electrons. The Labute approximate surface area is 86.9 Å². The van der Waals surface area contributed by atoms with Crippen LogP contribution in [0.3, 0.4) is 0 Å². The van der Waals surface area contributed by atoms with Crippen LogP contribution < -0.4 is 0 Å². The second-order valence-electron chi connectivity index (χ2n) is 2.49. The van der Waals surface area contributed by atoms with Gasteiger partial charge >= 0.3 is 0 Å². The lowest BCUT2D eigenvalue weighted by Crippen LogP contribution is -1.70. The van der Waals surface area contributed by atoms with Crippen LogP contribution in [0.25, 0.3) is 0 Å². The molecule has 0 amide bonds. The van der Waals surface area contributed by atoms with Crippen molar-refractivity contribution in [1.82, 2.24) is 0 Å². The van der Waals surface area contributed by atoms with E-state index < -0.39 is 0 Å². The first kappa shape index (κ1) is 15.2. The van der Waals surface area contributed by atoms with Gasteiger partial charge in [0.25, 0.3) is 6.47 Å². The van der Waals surface area contributed by atoms with Crippen LogP contribution >= 0.6 is 0 Å². The highest BCUT2D eigenvalue weighted by Gasteiger charge is 1.79. The molecule has 0 atom stereocenters. The largest absolute Gasteiger partial charge is 0.471 e. The van der Waals surface area contributed by atoms with E-state index in [9.17, 15) is 0 Å². The molecule has 0 aliphatic heterocycles. The van der Waals surface area contributed by atoms with Crippen LogP contribution in [0, 0.1) is 13.8 Å². The minimum absolute atomic E-state index is 0.375. The van der Waals surface area contributed by atoms with E-state index >= 15 is 0 Å². The Morgan fingerprint density at radius 1 is 1.00 bits per heavy atom. The number of methoxy groups -OCH3 is 1. The lowest BCUT2D eigenvalue weighted by molar-refractivity contribution is -0.126. The number of hydrogen-bond acceptors (Lipinski definition) is 2. The lowest BCUT2D eigenvalue weighted by atomic mass is 10.2. The standard InChI is InChI=1S/C8H10.C2H4O2.C2H6/c1-7-3-5-8(2)6-4-7;1-4-2-3;1-2/h3-6H,1-2H3;2H,1H3;1-2H3. The molecule has 2 nitrogen and oxygen atoms in total. The molecule has 0 aliphatic rings. The van der Waals surface area contributed by atoms with Gasteiger partial charge in [-0.25, -0.2) is 0 Å². The summed E-state index contributed by atoms with van der Waals surface area (Å²) in [5.41, 5.74) is 2.66. The van der Waals surface area contributed by atoms with Crippen LogP contribution in [0.4, 0.5) is 0 Å². The minimum atomic E-state index is 0.375. The minimum Gasteiger partial charge on any atom is -0.471 e. The van der Waals surface area contributed by atoms with Crippen LogP contribution in [-0.2, 0) is 9.53 Å². The molecule has 0 N–H and O–H groups in total. The third kappa shape index (κ3) is 10.7. The molecule has 1 rings (SSSR count). The smallest absolute Gasteiger partial charge is 0.292 e. The predicted molar refractivity (Wildman–Crippen MR) is 60.3 cm³/mol. The molecule has 0 fully saturated rings. The number of aryl methyl sites for hydroxylation is 2. The van der Waals surface area contributed by atoms with Crippen LogP contribution in [0.1, 0.15) is 25.0 Å². The summed E-state index contributed by atoms with van der Waals surface area (Å²) in [6.07, 6.45) is 0. The quantitative estimate of drug-likeness (QED) is 0.645. The Bertz CT molecular complexity index is 193. The Kier molecular flexibility index (Phi) is 12.7. The number of ether oxygens (including phenoxy) is 1. The van der Waals surface area contributed by atoms with Crippen molar-refractivity contribution in [3.05, 3.63) is 35.4 Å². The topological polar surface area (TPSA) is 26.3 Å². The maximum Gasteiger partial charge on any atom is 0.292 e. The molecule has 0 aromatic heterocycles. The summed E-state index contributed by atoms with van der Waals surface area (Å²) in [6, 6.07) is 8.48. The van der Waals surface area contributed by atoms with E-state index in [1.165, 1.54) is 18.2 Å². The molecule has 1 aromatic rings. The second-order valence-corrected chi connectivity index (χ2v) is 2.49. The summed E-state index contributed by atoms with van der Waals surface area (Å²) in [4.78, 5) is 8.95. The molecule has 14 heavy (non-hydrogen) atoms. The summed E-state index contributed by atoms with van der Waals surface area (Å²) in [5.74, 6) is 0. The number of carbonyl (C=O) groups is 1.